The minimum atomic E-state index is -3.66. The Morgan fingerprint density at radius 2 is 2.10 bits per heavy atom. The van der Waals surface area contributed by atoms with E-state index >= 15 is 0 Å². The molecule has 4 N–H and O–H groups in total. The van der Waals surface area contributed by atoms with E-state index in [4.69, 9.17) is 15.7 Å². The quantitative estimate of drug-likeness (QED) is 0.323. The molecule has 0 bridgehead atoms. The van der Waals surface area contributed by atoms with Crippen molar-refractivity contribution in [3.63, 3.8) is 0 Å². The minimum absolute atomic E-state index is 0.120. The lowest BCUT2D eigenvalue weighted by Gasteiger charge is -2.12. The number of amidine groups is 1. The number of thiophene rings is 1. The van der Waals surface area contributed by atoms with Crippen LogP contribution in [-0.2, 0) is 10.0 Å². The van der Waals surface area contributed by atoms with Crippen molar-refractivity contribution in [2.24, 2.45) is 10.9 Å². The van der Waals surface area contributed by atoms with Crippen molar-refractivity contribution < 1.29 is 18.4 Å². The summed E-state index contributed by atoms with van der Waals surface area (Å²) in [4.78, 5) is 0. The standard InChI is InChI=1S/C12H13N3O4S2/c13-11(14-16)8-19-10-5-2-1-4-9(10)15-21(17,18)12-6-3-7-20-12/h1-7,15-16H,8H2,(H2,13,14). The zero-order chi connectivity index (χ0) is 15.3. The van der Waals surface area contributed by atoms with Crippen molar-refractivity contribution in [2.75, 3.05) is 11.3 Å². The number of sulfonamides is 1. The molecule has 0 fully saturated rings. The van der Waals surface area contributed by atoms with E-state index in [-0.39, 0.29) is 28.1 Å². The van der Waals surface area contributed by atoms with Gasteiger partial charge in [-0.05, 0) is 23.6 Å². The van der Waals surface area contributed by atoms with Crippen LogP contribution in [0.25, 0.3) is 0 Å². The number of ether oxygens (including phenoxy) is 1. The number of benzene rings is 1. The minimum Gasteiger partial charge on any atom is -0.483 e. The number of nitrogens with one attached hydrogen (secondary N) is 1. The monoisotopic (exact) mass is 327 g/mol. The number of para-hydroxylation sites is 2. The molecule has 0 amide bonds. The van der Waals surface area contributed by atoms with Crippen molar-refractivity contribution in [2.45, 2.75) is 4.21 Å². The number of rotatable bonds is 6. The maximum Gasteiger partial charge on any atom is 0.271 e. The van der Waals surface area contributed by atoms with Crippen LogP contribution in [0.3, 0.4) is 0 Å². The van der Waals surface area contributed by atoms with Gasteiger partial charge in [-0.2, -0.15) is 0 Å². The smallest absolute Gasteiger partial charge is 0.271 e. The fraction of sp³-hybridized carbons (Fsp3) is 0.0833. The van der Waals surface area contributed by atoms with Crippen LogP contribution in [0, 0.1) is 0 Å². The van der Waals surface area contributed by atoms with Crippen molar-refractivity contribution in [3.05, 3.63) is 41.8 Å². The van der Waals surface area contributed by atoms with Gasteiger partial charge >= 0.3 is 0 Å². The highest BCUT2D eigenvalue weighted by Gasteiger charge is 2.17. The average Bonchev–Trinajstić information content (AvgIpc) is 3.00. The van der Waals surface area contributed by atoms with Gasteiger partial charge in [0.05, 0.1) is 5.69 Å². The van der Waals surface area contributed by atoms with Crippen LogP contribution in [0.2, 0.25) is 0 Å². The van der Waals surface area contributed by atoms with Crippen LogP contribution in [0.5, 0.6) is 5.75 Å². The van der Waals surface area contributed by atoms with Gasteiger partial charge in [-0.1, -0.05) is 23.4 Å². The summed E-state index contributed by atoms with van der Waals surface area (Å²) in [6, 6.07) is 9.66. The highest BCUT2D eigenvalue weighted by Crippen LogP contribution is 2.27. The number of anilines is 1. The van der Waals surface area contributed by atoms with E-state index < -0.39 is 10.0 Å². The molecule has 0 unspecified atom stereocenters. The molecule has 7 nitrogen and oxygen atoms in total. The lowest BCUT2D eigenvalue weighted by molar-refractivity contribution is 0.306. The van der Waals surface area contributed by atoms with Gasteiger partial charge < -0.3 is 15.7 Å². The number of oxime groups is 1. The van der Waals surface area contributed by atoms with Crippen LogP contribution in [0.4, 0.5) is 5.69 Å². The van der Waals surface area contributed by atoms with E-state index in [1.165, 1.54) is 6.07 Å². The molecule has 1 heterocycles. The molecule has 0 spiro atoms. The van der Waals surface area contributed by atoms with Gasteiger partial charge in [-0.3, -0.25) is 4.72 Å². The summed E-state index contributed by atoms with van der Waals surface area (Å²) in [5.74, 6) is 0.162. The fourth-order valence-electron chi connectivity index (χ4n) is 1.47. The normalized spacial score (nSPS) is 12.1. The van der Waals surface area contributed by atoms with Gasteiger partial charge in [0.15, 0.2) is 5.84 Å². The Balaban J connectivity index is 2.21. The van der Waals surface area contributed by atoms with Crippen molar-refractivity contribution >= 4 is 32.9 Å². The summed E-state index contributed by atoms with van der Waals surface area (Å²) in [7, 11) is -3.66. The fourth-order valence-corrected chi connectivity index (χ4v) is 3.53. The molecule has 9 heteroatoms. The Labute approximate surface area is 125 Å². The molecule has 1 aromatic carbocycles. The summed E-state index contributed by atoms with van der Waals surface area (Å²) >= 11 is 1.11. The summed E-state index contributed by atoms with van der Waals surface area (Å²) in [5, 5.41) is 12.9. The molecule has 0 atom stereocenters. The number of nitrogens with zero attached hydrogens (tertiary/aromatic N) is 1. The number of nitrogens with two attached hydrogens (primary N) is 1. The van der Waals surface area contributed by atoms with E-state index in [0.29, 0.717) is 0 Å². The Kier molecular flexibility index (Phi) is 4.66. The molecule has 2 rings (SSSR count). The molecule has 2 aromatic rings. The van der Waals surface area contributed by atoms with E-state index in [1.54, 1.807) is 35.7 Å². The van der Waals surface area contributed by atoms with E-state index in [9.17, 15) is 8.42 Å². The van der Waals surface area contributed by atoms with Gasteiger partial charge in [0.2, 0.25) is 0 Å². The molecule has 112 valence electrons. The Morgan fingerprint density at radius 1 is 1.33 bits per heavy atom. The molecule has 21 heavy (non-hydrogen) atoms. The predicted octanol–water partition coefficient (Wildman–Crippen LogP) is 1.67. The molecule has 1 aromatic heterocycles. The van der Waals surface area contributed by atoms with Crippen LogP contribution >= 0.6 is 11.3 Å². The first-order valence-corrected chi connectivity index (χ1v) is 8.14. The molecular weight excluding hydrogens is 314 g/mol. The second-order valence-corrected chi connectivity index (χ2v) is 6.77. The molecule has 0 aliphatic rings. The van der Waals surface area contributed by atoms with E-state index in [1.807, 2.05) is 0 Å². The zero-order valence-electron chi connectivity index (χ0n) is 10.8. The van der Waals surface area contributed by atoms with Crippen molar-refractivity contribution in [1.29, 1.82) is 0 Å². The van der Waals surface area contributed by atoms with Gasteiger partial charge in [0.1, 0.15) is 16.6 Å². The Morgan fingerprint density at radius 3 is 2.76 bits per heavy atom. The predicted molar refractivity (Wildman–Crippen MR) is 80.5 cm³/mol. The lowest BCUT2D eigenvalue weighted by Crippen LogP contribution is -2.21. The first kappa shape index (κ1) is 15.1. The number of hydrogen-bond acceptors (Lipinski definition) is 6. The third-order valence-electron chi connectivity index (χ3n) is 2.40. The van der Waals surface area contributed by atoms with Crippen LogP contribution in [0.1, 0.15) is 0 Å². The van der Waals surface area contributed by atoms with E-state index in [0.717, 1.165) is 11.3 Å². The summed E-state index contributed by atoms with van der Waals surface area (Å²) < 4.78 is 32.3. The summed E-state index contributed by atoms with van der Waals surface area (Å²) in [5.41, 5.74) is 5.59. The van der Waals surface area contributed by atoms with Crippen molar-refractivity contribution in [3.8, 4) is 5.75 Å². The van der Waals surface area contributed by atoms with Crippen LogP contribution in [-0.4, -0.2) is 26.1 Å². The highest BCUT2D eigenvalue weighted by atomic mass is 32.2. The maximum absolute atomic E-state index is 12.2. The topological polar surface area (TPSA) is 114 Å². The highest BCUT2D eigenvalue weighted by molar-refractivity contribution is 7.94. The second kappa shape index (κ2) is 6.46. The molecular formula is C12H13N3O4S2. The number of hydrogen-bond donors (Lipinski definition) is 3. The van der Waals surface area contributed by atoms with Gasteiger partial charge in [-0.25, -0.2) is 8.42 Å². The summed E-state index contributed by atoms with van der Waals surface area (Å²) in [6.07, 6.45) is 0. The van der Waals surface area contributed by atoms with Gasteiger partial charge in [0, 0.05) is 0 Å². The first-order valence-electron chi connectivity index (χ1n) is 5.77. The third-order valence-corrected chi connectivity index (χ3v) is 5.16. The molecule has 0 aliphatic carbocycles. The first-order chi connectivity index (χ1) is 10.0. The Hall–Kier alpha value is -2.26. The van der Waals surface area contributed by atoms with Crippen LogP contribution in [0.15, 0.2) is 51.1 Å². The molecule has 0 aliphatic heterocycles. The molecule has 0 saturated carbocycles. The maximum atomic E-state index is 12.2. The van der Waals surface area contributed by atoms with E-state index in [2.05, 4.69) is 9.88 Å². The third kappa shape index (κ3) is 3.86. The van der Waals surface area contributed by atoms with Gasteiger partial charge in [-0.15, -0.1) is 11.3 Å². The Bertz CT molecular complexity index is 727. The average molecular weight is 327 g/mol. The molecule has 0 radical (unpaired) electrons. The second-order valence-electron chi connectivity index (χ2n) is 3.91. The van der Waals surface area contributed by atoms with Gasteiger partial charge in [0.25, 0.3) is 10.0 Å². The summed E-state index contributed by atoms with van der Waals surface area (Å²) in [6.45, 7) is -0.158. The SMILES string of the molecule is N/C(COc1ccccc1NS(=O)(=O)c1cccs1)=N\O. The van der Waals surface area contributed by atoms with Crippen molar-refractivity contribution in [1.82, 2.24) is 0 Å². The largest absolute Gasteiger partial charge is 0.483 e. The zero-order valence-corrected chi connectivity index (χ0v) is 12.4. The lowest BCUT2D eigenvalue weighted by atomic mass is 10.3. The van der Waals surface area contributed by atoms with Crippen LogP contribution < -0.4 is 15.2 Å². The molecule has 0 saturated heterocycles.